The Hall–Kier alpha value is -0.0800. The minimum Gasteiger partial charge on any atom is -0.326 e. The summed E-state index contributed by atoms with van der Waals surface area (Å²) in [6.45, 7) is 6.04. The second-order valence-electron chi connectivity index (χ2n) is 5.98. The summed E-state index contributed by atoms with van der Waals surface area (Å²) in [5.74, 6) is 0. The molecule has 0 aromatic rings. The van der Waals surface area contributed by atoms with Crippen LogP contribution in [0, 0.1) is 0 Å². The van der Waals surface area contributed by atoms with Gasteiger partial charge in [0.05, 0.1) is 0 Å². The van der Waals surface area contributed by atoms with Gasteiger partial charge in [0.15, 0.2) is 0 Å². The van der Waals surface area contributed by atoms with Gasteiger partial charge in [-0.15, -0.1) is 0 Å². The Balaban J connectivity index is 2.07. The highest BCUT2D eigenvalue weighted by atomic mass is 15.2. The molecule has 0 amide bonds. The van der Waals surface area contributed by atoms with Crippen molar-refractivity contribution in [2.75, 3.05) is 6.54 Å². The molecule has 0 bridgehead atoms. The van der Waals surface area contributed by atoms with Crippen molar-refractivity contribution in [3.8, 4) is 0 Å². The molecule has 2 rings (SSSR count). The number of nitrogens with zero attached hydrogens (tertiary/aromatic N) is 1. The Labute approximate surface area is 94.2 Å². The Bertz CT molecular complexity index is 213. The quantitative estimate of drug-likeness (QED) is 0.674. The van der Waals surface area contributed by atoms with Crippen molar-refractivity contribution >= 4 is 0 Å². The van der Waals surface area contributed by atoms with Crippen LogP contribution in [0.25, 0.3) is 0 Å². The SMILES string of the molecule is CC1(C)CCCN1C1CCCCCC1N. The van der Waals surface area contributed by atoms with E-state index in [9.17, 15) is 0 Å². The van der Waals surface area contributed by atoms with E-state index < -0.39 is 0 Å². The number of hydrogen-bond donors (Lipinski definition) is 1. The Kier molecular flexibility index (Phi) is 3.36. The zero-order valence-corrected chi connectivity index (χ0v) is 10.3. The highest BCUT2D eigenvalue weighted by Crippen LogP contribution is 2.34. The highest BCUT2D eigenvalue weighted by Gasteiger charge is 2.38. The molecule has 1 aliphatic heterocycles. The van der Waals surface area contributed by atoms with Crippen LogP contribution in [-0.4, -0.2) is 29.1 Å². The first-order valence-corrected chi connectivity index (χ1v) is 6.63. The lowest BCUT2D eigenvalue weighted by Crippen LogP contribution is -2.53. The van der Waals surface area contributed by atoms with E-state index in [1.54, 1.807) is 0 Å². The molecule has 1 aliphatic carbocycles. The van der Waals surface area contributed by atoms with E-state index in [4.69, 9.17) is 5.73 Å². The minimum absolute atomic E-state index is 0.395. The van der Waals surface area contributed by atoms with Gasteiger partial charge in [0.2, 0.25) is 0 Å². The molecule has 0 aromatic carbocycles. The third kappa shape index (κ3) is 2.36. The van der Waals surface area contributed by atoms with Gasteiger partial charge in [0.1, 0.15) is 0 Å². The maximum atomic E-state index is 6.34. The van der Waals surface area contributed by atoms with Gasteiger partial charge in [0, 0.05) is 17.6 Å². The van der Waals surface area contributed by atoms with Crippen molar-refractivity contribution in [2.45, 2.75) is 76.4 Å². The summed E-state index contributed by atoms with van der Waals surface area (Å²) in [5, 5.41) is 0. The minimum atomic E-state index is 0.395. The summed E-state index contributed by atoms with van der Waals surface area (Å²) < 4.78 is 0. The summed E-state index contributed by atoms with van der Waals surface area (Å²) in [6, 6.07) is 1.08. The fourth-order valence-electron chi connectivity index (χ4n) is 3.45. The van der Waals surface area contributed by atoms with E-state index >= 15 is 0 Å². The molecule has 88 valence electrons. The number of hydrogen-bond acceptors (Lipinski definition) is 2. The number of likely N-dealkylation sites (tertiary alicyclic amines) is 1. The van der Waals surface area contributed by atoms with E-state index in [2.05, 4.69) is 18.7 Å². The van der Waals surface area contributed by atoms with Gasteiger partial charge in [-0.3, -0.25) is 4.90 Å². The maximum absolute atomic E-state index is 6.34. The van der Waals surface area contributed by atoms with Crippen LogP contribution in [-0.2, 0) is 0 Å². The molecule has 15 heavy (non-hydrogen) atoms. The Morgan fingerprint density at radius 2 is 1.80 bits per heavy atom. The van der Waals surface area contributed by atoms with Crippen molar-refractivity contribution in [1.82, 2.24) is 4.90 Å². The van der Waals surface area contributed by atoms with Gasteiger partial charge in [0.25, 0.3) is 0 Å². The van der Waals surface area contributed by atoms with E-state index in [1.807, 2.05) is 0 Å². The molecule has 2 heteroatoms. The third-order valence-corrected chi connectivity index (χ3v) is 4.40. The molecule has 1 saturated carbocycles. The van der Waals surface area contributed by atoms with Gasteiger partial charge in [-0.1, -0.05) is 19.3 Å². The molecule has 2 aliphatic rings. The standard InChI is InChI=1S/C13H26N2/c1-13(2)9-6-10-15(13)12-8-5-3-4-7-11(12)14/h11-12H,3-10,14H2,1-2H3. The smallest absolute Gasteiger partial charge is 0.0252 e. The lowest BCUT2D eigenvalue weighted by molar-refractivity contribution is 0.0931. The molecule has 1 heterocycles. The van der Waals surface area contributed by atoms with Crippen molar-refractivity contribution in [2.24, 2.45) is 5.73 Å². The molecule has 2 fully saturated rings. The first-order valence-electron chi connectivity index (χ1n) is 6.63. The van der Waals surface area contributed by atoms with E-state index in [1.165, 1.54) is 51.5 Å². The van der Waals surface area contributed by atoms with Gasteiger partial charge < -0.3 is 5.73 Å². The summed E-state index contributed by atoms with van der Waals surface area (Å²) in [4.78, 5) is 2.70. The maximum Gasteiger partial charge on any atom is 0.0252 e. The van der Waals surface area contributed by atoms with Gasteiger partial charge in [-0.05, 0) is 46.1 Å². The molecule has 2 nitrogen and oxygen atoms in total. The molecule has 0 aromatic heterocycles. The van der Waals surface area contributed by atoms with Crippen LogP contribution in [0.5, 0.6) is 0 Å². The molecular weight excluding hydrogens is 184 g/mol. The summed E-state index contributed by atoms with van der Waals surface area (Å²) in [7, 11) is 0. The predicted octanol–water partition coefficient (Wildman–Crippen LogP) is 2.52. The normalized spacial score (nSPS) is 37.8. The molecule has 2 N–H and O–H groups in total. The van der Waals surface area contributed by atoms with Crippen LogP contribution in [0.1, 0.15) is 58.8 Å². The summed E-state index contributed by atoms with van der Waals surface area (Å²) in [6.07, 6.45) is 9.36. The van der Waals surface area contributed by atoms with Crippen LogP contribution in [0.4, 0.5) is 0 Å². The zero-order chi connectivity index (χ0) is 10.9. The van der Waals surface area contributed by atoms with Gasteiger partial charge >= 0.3 is 0 Å². The largest absolute Gasteiger partial charge is 0.326 e. The number of rotatable bonds is 1. The molecule has 0 spiro atoms. The lowest BCUT2D eigenvalue weighted by Gasteiger charge is -2.40. The van der Waals surface area contributed by atoms with E-state index in [-0.39, 0.29) is 0 Å². The molecule has 0 radical (unpaired) electrons. The van der Waals surface area contributed by atoms with Crippen LogP contribution in [0.15, 0.2) is 0 Å². The fraction of sp³-hybridized carbons (Fsp3) is 1.00. The highest BCUT2D eigenvalue weighted by molar-refractivity contribution is 4.96. The monoisotopic (exact) mass is 210 g/mol. The van der Waals surface area contributed by atoms with Crippen LogP contribution < -0.4 is 5.73 Å². The van der Waals surface area contributed by atoms with Gasteiger partial charge in [-0.25, -0.2) is 0 Å². The van der Waals surface area contributed by atoms with E-state index in [0.29, 0.717) is 17.6 Å². The third-order valence-electron chi connectivity index (χ3n) is 4.40. The first-order chi connectivity index (χ1) is 7.11. The van der Waals surface area contributed by atoms with E-state index in [0.717, 1.165) is 0 Å². The molecule has 2 atom stereocenters. The van der Waals surface area contributed by atoms with Crippen LogP contribution in [0.2, 0.25) is 0 Å². The number of nitrogens with two attached hydrogens (primary N) is 1. The van der Waals surface area contributed by atoms with Crippen molar-refractivity contribution in [3.05, 3.63) is 0 Å². The summed E-state index contributed by atoms with van der Waals surface area (Å²) in [5.41, 5.74) is 6.73. The molecular formula is C13H26N2. The Morgan fingerprint density at radius 3 is 2.47 bits per heavy atom. The fourth-order valence-corrected chi connectivity index (χ4v) is 3.45. The van der Waals surface area contributed by atoms with Crippen molar-refractivity contribution in [3.63, 3.8) is 0 Å². The topological polar surface area (TPSA) is 29.3 Å². The first kappa shape index (κ1) is 11.4. The lowest BCUT2D eigenvalue weighted by atomic mass is 9.95. The van der Waals surface area contributed by atoms with Crippen LogP contribution in [0.3, 0.4) is 0 Å². The van der Waals surface area contributed by atoms with Crippen LogP contribution >= 0.6 is 0 Å². The summed E-state index contributed by atoms with van der Waals surface area (Å²) >= 11 is 0. The van der Waals surface area contributed by atoms with Crippen molar-refractivity contribution < 1.29 is 0 Å². The molecule has 1 saturated heterocycles. The zero-order valence-electron chi connectivity index (χ0n) is 10.3. The average molecular weight is 210 g/mol. The second kappa shape index (κ2) is 4.42. The second-order valence-corrected chi connectivity index (χ2v) is 5.98. The average Bonchev–Trinajstić information content (AvgIpc) is 2.39. The Morgan fingerprint density at radius 1 is 1.07 bits per heavy atom. The van der Waals surface area contributed by atoms with Gasteiger partial charge in [-0.2, -0.15) is 0 Å². The van der Waals surface area contributed by atoms with Crippen molar-refractivity contribution in [1.29, 1.82) is 0 Å². The predicted molar refractivity (Wildman–Crippen MR) is 64.9 cm³/mol. The molecule has 2 unspecified atom stereocenters.